The van der Waals surface area contributed by atoms with E-state index in [1.165, 1.54) is 0 Å². The lowest BCUT2D eigenvalue weighted by Gasteiger charge is -2.20. The quantitative estimate of drug-likeness (QED) is 0.0105. The van der Waals surface area contributed by atoms with Gasteiger partial charge in [-0.15, -0.1) is 0 Å². The van der Waals surface area contributed by atoms with Gasteiger partial charge in [0, 0.05) is 23.3 Å². The summed E-state index contributed by atoms with van der Waals surface area (Å²) in [7, 11) is 0. The molecule has 398 valence electrons. The Morgan fingerprint density at radius 3 is 1.01 bits per heavy atom. The number of para-hydroxylation sites is 4. The lowest BCUT2D eigenvalue weighted by atomic mass is 10.1. The minimum atomic E-state index is -0.659. The van der Waals surface area contributed by atoms with E-state index in [4.69, 9.17) is 38.6 Å². The molecular formula is C64H62N4O10. The smallest absolute Gasteiger partial charge is 0.343 e. The van der Waals surface area contributed by atoms with Crippen LogP contribution in [0.15, 0.2) is 218 Å². The maximum atomic E-state index is 14.2. The van der Waals surface area contributed by atoms with E-state index in [0.29, 0.717) is 49.1 Å². The third-order valence-corrected chi connectivity index (χ3v) is 11.8. The van der Waals surface area contributed by atoms with Crippen LogP contribution in [0.4, 0.5) is 22.7 Å². The highest BCUT2D eigenvalue weighted by molar-refractivity contribution is 5.98. The van der Waals surface area contributed by atoms with Gasteiger partial charge in [-0.2, -0.15) is 10.2 Å². The van der Waals surface area contributed by atoms with Crippen molar-refractivity contribution in [3.05, 3.63) is 230 Å². The Labute approximate surface area is 455 Å². The molecular weight excluding hydrogens is 985 g/mol. The zero-order chi connectivity index (χ0) is 54.6. The molecule has 0 aliphatic rings. The highest BCUT2D eigenvalue weighted by Crippen LogP contribution is 2.33. The summed E-state index contributed by atoms with van der Waals surface area (Å²) in [6, 6.07) is 54.9. The lowest BCUT2D eigenvalue weighted by Crippen LogP contribution is -2.14. The first kappa shape index (κ1) is 56.2. The minimum Gasteiger partial charge on any atom is -0.494 e. The number of anilines is 4. The topological polar surface area (TPSA) is 155 Å². The van der Waals surface area contributed by atoms with Gasteiger partial charge in [-0.05, 0) is 161 Å². The van der Waals surface area contributed by atoms with Crippen LogP contribution in [0.5, 0.6) is 23.0 Å². The number of carbonyl (C=O) groups excluding carboxylic acids is 4. The Kier molecular flexibility index (Phi) is 22.1. The molecule has 0 spiro atoms. The monoisotopic (exact) mass is 1050 g/mol. The average molecular weight is 1050 g/mol. The van der Waals surface area contributed by atoms with Crippen LogP contribution >= 0.6 is 0 Å². The SMILES string of the molecule is C=CC(=O)OCCCCCCOc1ccc(C(=O)Oc2cc(/C=N/N(c3ccccc3)c3ccccc3)c(OC(=O)c3ccc(OCCCCCCOC(=O)C=C)cc3)cc2/C=N/N(c2ccccc2)c2ccccc2)cc1. The Morgan fingerprint density at radius 2 is 0.705 bits per heavy atom. The van der Waals surface area contributed by atoms with Gasteiger partial charge in [0.05, 0.1) is 72.7 Å². The van der Waals surface area contributed by atoms with Gasteiger partial charge in [0.1, 0.15) is 23.0 Å². The number of nitrogens with zero attached hydrogens (tertiary/aromatic N) is 4. The third-order valence-electron chi connectivity index (χ3n) is 11.8. The van der Waals surface area contributed by atoms with Crippen LogP contribution in [-0.2, 0) is 19.1 Å². The van der Waals surface area contributed by atoms with Crippen molar-refractivity contribution in [3.8, 4) is 23.0 Å². The number of unbranched alkanes of at least 4 members (excludes halogenated alkanes) is 6. The van der Waals surface area contributed by atoms with Crippen LogP contribution in [0.1, 0.15) is 83.2 Å². The highest BCUT2D eigenvalue weighted by atomic mass is 16.5. The largest absolute Gasteiger partial charge is 0.494 e. The van der Waals surface area contributed by atoms with Crippen LogP contribution in [0.3, 0.4) is 0 Å². The first-order chi connectivity index (χ1) is 38.3. The molecule has 14 heteroatoms. The number of hydrazone groups is 2. The van der Waals surface area contributed by atoms with Crippen molar-refractivity contribution in [1.82, 2.24) is 0 Å². The maximum Gasteiger partial charge on any atom is 0.343 e. The van der Waals surface area contributed by atoms with Gasteiger partial charge in [0.25, 0.3) is 0 Å². The molecule has 78 heavy (non-hydrogen) atoms. The van der Waals surface area contributed by atoms with Crippen LogP contribution < -0.4 is 29.0 Å². The van der Waals surface area contributed by atoms with Crippen LogP contribution in [0.25, 0.3) is 0 Å². The fourth-order valence-electron chi connectivity index (χ4n) is 7.70. The summed E-state index contributed by atoms with van der Waals surface area (Å²) in [5.41, 5.74) is 4.20. The Balaban J connectivity index is 1.18. The predicted molar refractivity (Wildman–Crippen MR) is 305 cm³/mol. The second-order valence-electron chi connectivity index (χ2n) is 17.5. The molecule has 7 aromatic rings. The summed E-state index contributed by atoms with van der Waals surface area (Å²) in [6.07, 6.45) is 12.0. The van der Waals surface area contributed by atoms with Gasteiger partial charge >= 0.3 is 23.9 Å². The molecule has 0 aliphatic heterocycles. The van der Waals surface area contributed by atoms with Crippen molar-refractivity contribution in [2.75, 3.05) is 36.4 Å². The molecule has 0 unspecified atom stereocenters. The van der Waals surface area contributed by atoms with Crippen molar-refractivity contribution < 1.29 is 47.6 Å². The molecule has 7 aromatic carbocycles. The van der Waals surface area contributed by atoms with Crippen molar-refractivity contribution in [2.24, 2.45) is 10.2 Å². The van der Waals surface area contributed by atoms with Gasteiger partial charge in [-0.1, -0.05) is 86.0 Å². The zero-order valence-electron chi connectivity index (χ0n) is 43.4. The molecule has 0 radical (unpaired) electrons. The summed E-state index contributed by atoms with van der Waals surface area (Å²) < 4.78 is 34.5. The Morgan fingerprint density at radius 1 is 0.397 bits per heavy atom. The van der Waals surface area contributed by atoms with Gasteiger partial charge < -0.3 is 28.4 Å². The van der Waals surface area contributed by atoms with Crippen LogP contribution in [-0.4, -0.2) is 62.7 Å². The molecule has 0 atom stereocenters. The van der Waals surface area contributed by atoms with Crippen molar-refractivity contribution >= 4 is 59.1 Å². The molecule has 0 heterocycles. The molecule has 0 N–H and O–H groups in total. The zero-order valence-corrected chi connectivity index (χ0v) is 43.4. The Hall–Kier alpha value is -9.56. The molecule has 0 fully saturated rings. The standard InChI is InChI=1S/C64H62N4O10/c1-3-61(69)75-43-23-7-5-21-41-73-57-37-33-49(34-38-57)63(71)77-59-45-52(48-66-68(55-29-17-11-18-30-55)56-31-19-12-20-32-56)60(46-51(59)47-65-67(53-25-13-9-14-26-53)54-27-15-10-16-28-54)78-64(72)50-35-39-58(40-36-50)74-42-22-6-8-24-44-76-62(70)4-2/h3-4,9-20,25-40,45-48H,1-2,5-8,21-24,41-44H2/b65-47+,66-48+. The number of hydrogen-bond donors (Lipinski definition) is 0. The second-order valence-corrected chi connectivity index (χ2v) is 17.5. The summed E-state index contributed by atoms with van der Waals surface area (Å²) in [4.78, 5) is 50.9. The van der Waals surface area contributed by atoms with E-state index in [1.54, 1.807) is 83.1 Å². The van der Waals surface area contributed by atoms with E-state index in [2.05, 4.69) is 13.2 Å². The Bertz CT molecular complexity index is 2790. The summed E-state index contributed by atoms with van der Waals surface area (Å²) in [5.74, 6) is -0.788. The maximum absolute atomic E-state index is 14.2. The molecule has 0 saturated carbocycles. The summed E-state index contributed by atoms with van der Waals surface area (Å²) in [6.45, 7) is 8.45. The normalized spacial score (nSPS) is 10.9. The average Bonchev–Trinajstić information content (AvgIpc) is 3.48. The van der Waals surface area contributed by atoms with E-state index in [9.17, 15) is 19.2 Å². The lowest BCUT2D eigenvalue weighted by molar-refractivity contribution is -0.138. The first-order valence-electron chi connectivity index (χ1n) is 25.8. The number of carbonyl (C=O) groups is 4. The van der Waals surface area contributed by atoms with E-state index < -0.39 is 23.9 Å². The molecule has 0 aromatic heterocycles. The van der Waals surface area contributed by atoms with Crippen molar-refractivity contribution in [1.29, 1.82) is 0 Å². The number of rotatable bonds is 30. The predicted octanol–water partition coefficient (Wildman–Crippen LogP) is 13.8. The van der Waals surface area contributed by atoms with Gasteiger partial charge in [-0.25, -0.2) is 29.2 Å². The van der Waals surface area contributed by atoms with E-state index >= 15 is 0 Å². The minimum absolute atomic E-state index is 0.106. The van der Waals surface area contributed by atoms with Crippen molar-refractivity contribution in [2.45, 2.75) is 51.4 Å². The molecule has 0 aliphatic carbocycles. The molecule has 0 amide bonds. The molecule has 0 bridgehead atoms. The number of ether oxygens (including phenoxy) is 6. The fourth-order valence-corrected chi connectivity index (χ4v) is 7.70. The summed E-state index contributed by atoms with van der Waals surface area (Å²) in [5, 5.41) is 13.4. The van der Waals surface area contributed by atoms with E-state index in [1.807, 2.05) is 121 Å². The van der Waals surface area contributed by atoms with Crippen LogP contribution in [0, 0.1) is 0 Å². The molecule has 0 saturated heterocycles. The van der Waals surface area contributed by atoms with E-state index in [-0.39, 0.29) is 22.6 Å². The second kappa shape index (κ2) is 30.7. The van der Waals surface area contributed by atoms with Crippen LogP contribution in [0.2, 0.25) is 0 Å². The van der Waals surface area contributed by atoms with Gasteiger partial charge in [0.2, 0.25) is 0 Å². The van der Waals surface area contributed by atoms with E-state index in [0.717, 1.165) is 86.3 Å². The number of hydrogen-bond acceptors (Lipinski definition) is 14. The first-order valence-corrected chi connectivity index (χ1v) is 25.8. The fraction of sp³-hybridized carbons (Fsp3) is 0.188. The third kappa shape index (κ3) is 17.8. The van der Waals surface area contributed by atoms with Gasteiger partial charge in [-0.3, -0.25) is 0 Å². The van der Waals surface area contributed by atoms with Crippen molar-refractivity contribution in [3.63, 3.8) is 0 Å². The summed E-state index contributed by atoms with van der Waals surface area (Å²) >= 11 is 0. The van der Waals surface area contributed by atoms with Gasteiger partial charge in [0.15, 0.2) is 0 Å². The number of esters is 4. The number of benzene rings is 7. The molecule has 14 nitrogen and oxygen atoms in total. The molecule has 7 rings (SSSR count). The highest BCUT2D eigenvalue weighted by Gasteiger charge is 2.20.